The summed E-state index contributed by atoms with van der Waals surface area (Å²) in [5.41, 5.74) is 3.72. The standard InChI is InChI=1S/C26H12N4/c1-13-8-17(12-29)23-24-18(6-4-15(10-27)21(13)24)19-7-5-16(11-28)22-14(2)9-20(30-3)26(23)25(19)22/h4-9H,1-2H3. The van der Waals surface area contributed by atoms with Gasteiger partial charge in [0.25, 0.3) is 0 Å². The highest BCUT2D eigenvalue weighted by Crippen LogP contribution is 2.48. The molecule has 0 N–H and O–H groups in total. The molecule has 5 rings (SSSR count). The van der Waals surface area contributed by atoms with Crippen LogP contribution in [0.5, 0.6) is 0 Å². The lowest BCUT2D eigenvalue weighted by Gasteiger charge is -2.19. The van der Waals surface area contributed by atoms with Gasteiger partial charge < -0.3 is 0 Å². The van der Waals surface area contributed by atoms with Gasteiger partial charge in [0.15, 0.2) is 5.69 Å². The molecule has 0 fully saturated rings. The fourth-order valence-electron chi connectivity index (χ4n) is 4.84. The summed E-state index contributed by atoms with van der Waals surface area (Å²) in [7, 11) is 0. The molecule has 0 spiro atoms. The molecule has 0 amide bonds. The molecule has 0 saturated heterocycles. The molecule has 0 bridgehead atoms. The third kappa shape index (κ3) is 1.95. The van der Waals surface area contributed by atoms with Crippen molar-refractivity contribution >= 4 is 48.8 Å². The number of rotatable bonds is 0. The maximum Gasteiger partial charge on any atom is 0.195 e. The minimum atomic E-state index is 0.450. The first kappa shape index (κ1) is 17.5. The van der Waals surface area contributed by atoms with E-state index >= 15 is 0 Å². The lowest BCUT2D eigenvalue weighted by atomic mass is 9.83. The van der Waals surface area contributed by atoms with Gasteiger partial charge in [-0.1, -0.05) is 23.8 Å². The molecule has 0 aromatic heterocycles. The first-order valence-electron chi connectivity index (χ1n) is 9.34. The van der Waals surface area contributed by atoms with E-state index < -0.39 is 0 Å². The summed E-state index contributed by atoms with van der Waals surface area (Å²) in [4.78, 5) is 3.78. The van der Waals surface area contributed by atoms with Crippen molar-refractivity contribution in [1.29, 1.82) is 15.8 Å². The summed E-state index contributed by atoms with van der Waals surface area (Å²) in [5.74, 6) is 0. The molecule has 5 aromatic rings. The number of hydrogen-bond donors (Lipinski definition) is 0. The van der Waals surface area contributed by atoms with Crippen molar-refractivity contribution in [3.8, 4) is 18.2 Å². The topological polar surface area (TPSA) is 75.7 Å². The van der Waals surface area contributed by atoms with Gasteiger partial charge in [-0.2, -0.15) is 15.8 Å². The van der Waals surface area contributed by atoms with E-state index in [0.717, 1.165) is 43.4 Å². The molecule has 5 aromatic carbocycles. The summed E-state index contributed by atoms with van der Waals surface area (Å²) in [6.45, 7) is 11.6. The molecule has 0 radical (unpaired) electrons. The van der Waals surface area contributed by atoms with Crippen LogP contribution in [-0.4, -0.2) is 0 Å². The van der Waals surface area contributed by atoms with Gasteiger partial charge in [0.1, 0.15) is 0 Å². The second-order valence-electron chi connectivity index (χ2n) is 7.47. The number of hydrogen-bond acceptors (Lipinski definition) is 3. The lowest BCUT2D eigenvalue weighted by Crippen LogP contribution is -1.96. The first-order chi connectivity index (χ1) is 14.5. The van der Waals surface area contributed by atoms with Crippen molar-refractivity contribution in [2.24, 2.45) is 0 Å². The molecule has 136 valence electrons. The number of aryl methyl sites for hydroxylation is 2. The molecule has 0 aliphatic heterocycles. The van der Waals surface area contributed by atoms with E-state index in [1.54, 1.807) is 18.2 Å². The van der Waals surface area contributed by atoms with Crippen molar-refractivity contribution in [2.75, 3.05) is 0 Å². The van der Waals surface area contributed by atoms with Crippen molar-refractivity contribution in [1.82, 2.24) is 0 Å². The van der Waals surface area contributed by atoms with E-state index in [1.165, 1.54) is 0 Å². The largest absolute Gasteiger partial charge is 0.237 e. The first-order valence-corrected chi connectivity index (χ1v) is 9.34. The Bertz CT molecular complexity index is 1610. The Morgan fingerprint density at radius 1 is 0.633 bits per heavy atom. The third-order valence-electron chi connectivity index (χ3n) is 5.96. The molecular weight excluding hydrogens is 368 g/mol. The Morgan fingerprint density at radius 2 is 1.13 bits per heavy atom. The lowest BCUT2D eigenvalue weighted by molar-refractivity contribution is 1.46. The zero-order valence-corrected chi connectivity index (χ0v) is 16.3. The van der Waals surface area contributed by atoms with Gasteiger partial charge in [-0.25, -0.2) is 4.85 Å². The smallest absolute Gasteiger partial charge is 0.195 e. The number of fused-ring (bicyclic) bond motifs is 2. The van der Waals surface area contributed by atoms with E-state index in [1.807, 2.05) is 32.0 Å². The molecule has 0 unspecified atom stereocenters. The zero-order valence-electron chi connectivity index (χ0n) is 16.3. The Hall–Kier alpha value is -4.64. The number of nitrogens with zero attached hydrogens (tertiary/aromatic N) is 4. The third-order valence-corrected chi connectivity index (χ3v) is 5.96. The van der Waals surface area contributed by atoms with Gasteiger partial charge >= 0.3 is 0 Å². The van der Waals surface area contributed by atoms with Crippen molar-refractivity contribution in [2.45, 2.75) is 13.8 Å². The maximum atomic E-state index is 9.95. The summed E-state index contributed by atoms with van der Waals surface area (Å²) in [6, 6.07) is 17.9. The predicted octanol–water partition coefficient (Wildman–Crippen LogP) is 6.52. The molecule has 30 heavy (non-hydrogen) atoms. The molecule has 0 aliphatic carbocycles. The molecule has 0 atom stereocenters. The zero-order chi connectivity index (χ0) is 21.2. The minimum Gasteiger partial charge on any atom is -0.237 e. The van der Waals surface area contributed by atoms with E-state index in [0.29, 0.717) is 33.2 Å². The summed E-state index contributed by atoms with van der Waals surface area (Å²) < 4.78 is 0. The SMILES string of the molecule is [C-]#[N+]c1cc(C)c2c(C#N)ccc3c4ccc(C#N)c5c(C)cc(C#N)c(c1c23)c54. The Kier molecular flexibility index (Phi) is 3.45. The van der Waals surface area contributed by atoms with Crippen LogP contribution in [-0.2, 0) is 0 Å². The maximum absolute atomic E-state index is 9.95. The highest BCUT2D eigenvalue weighted by molar-refractivity contribution is 6.37. The Labute approximate surface area is 172 Å². The van der Waals surface area contributed by atoms with Crippen LogP contribution in [0.1, 0.15) is 27.8 Å². The van der Waals surface area contributed by atoms with Gasteiger partial charge in [-0.3, -0.25) is 0 Å². The minimum absolute atomic E-state index is 0.450. The quantitative estimate of drug-likeness (QED) is 0.174. The fraction of sp³-hybridized carbons (Fsp3) is 0.0769. The molecular formula is C26H12N4. The van der Waals surface area contributed by atoms with Crippen LogP contribution in [0.15, 0.2) is 36.4 Å². The van der Waals surface area contributed by atoms with Gasteiger partial charge in [-0.15, -0.1) is 0 Å². The van der Waals surface area contributed by atoms with Crippen LogP contribution in [0.3, 0.4) is 0 Å². The average molecular weight is 380 g/mol. The monoisotopic (exact) mass is 380 g/mol. The van der Waals surface area contributed by atoms with Crippen LogP contribution in [0, 0.1) is 54.4 Å². The van der Waals surface area contributed by atoms with Gasteiger partial charge in [0.2, 0.25) is 0 Å². The molecule has 0 aliphatic rings. The van der Waals surface area contributed by atoms with Crippen LogP contribution in [0.25, 0.3) is 47.9 Å². The molecule has 4 heteroatoms. The average Bonchev–Trinajstić information content (AvgIpc) is 2.77. The van der Waals surface area contributed by atoms with Crippen LogP contribution < -0.4 is 0 Å². The number of benzene rings is 5. The predicted molar refractivity (Wildman–Crippen MR) is 118 cm³/mol. The van der Waals surface area contributed by atoms with Crippen LogP contribution in [0.2, 0.25) is 0 Å². The Balaban J connectivity index is 2.34. The fourth-order valence-corrected chi connectivity index (χ4v) is 4.84. The number of nitriles is 3. The van der Waals surface area contributed by atoms with Crippen molar-refractivity contribution < 1.29 is 0 Å². The van der Waals surface area contributed by atoms with E-state index in [2.05, 4.69) is 23.1 Å². The van der Waals surface area contributed by atoms with Crippen molar-refractivity contribution in [3.63, 3.8) is 0 Å². The van der Waals surface area contributed by atoms with E-state index in [9.17, 15) is 15.8 Å². The van der Waals surface area contributed by atoms with Gasteiger partial charge in [0, 0.05) is 10.8 Å². The summed E-state index contributed by atoms with van der Waals surface area (Å²) in [5, 5.41) is 35.9. The summed E-state index contributed by atoms with van der Waals surface area (Å²) >= 11 is 0. The molecule has 4 nitrogen and oxygen atoms in total. The van der Waals surface area contributed by atoms with Crippen LogP contribution >= 0.6 is 0 Å². The van der Waals surface area contributed by atoms with Gasteiger partial charge in [-0.05, 0) is 69.9 Å². The molecule has 0 heterocycles. The van der Waals surface area contributed by atoms with Gasteiger partial charge in [0.05, 0.1) is 41.5 Å². The highest BCUT2D eigenvalue weighted by atomic mass is 14.6. The second-order valence-corrected chi connectivity index (χ2v) is 7.47. The van der Waals surface area contributed by atoms with Crippen molar-refractivity contribution in [3.05, 3.63) is 75.6 Å². The molecule has 0 saturated carbocycles. The van der Waals surface area contributed by atoms with Crippen LogP contribution in [0.4, 0.5) is 5.69 Å². The van der Waals surface area contributed by atoms with E-state index in [4.69, 9.17) is 6.57 Å². The summed E-state index contributed by atoms with van der Waals surface area (Å²) in [6.07, 6.45) is 0. The highest BCUT2D eigenvalue weighted by Gasteiger charge is 2.22. The normalized spacial score (nSPS) is 10.9. The Morgan fingerprint density at radius 3 is 1.63 bits per heavy atom. The second kappa shape index (κ2) is 5.93. The van der Waals surface area contributed by atoms with E-state index in [-0.39, 0.29) is 0 Å².